The van der Waals surface area contributed by atoms with Crippen LogP contribution in [0.4, 0.5) is 0 Å². The van der Waals surface area contributed by atoms with E-state index in [2.05, 4.69) is 54.2 Å². The van der Waals surface area contributed by atoms with Crippen molar-refractivity contribution in [2.24, 2.45) is 5.92 Å². The Morgan fingerprint density at radius 1 is 1.42 bits per heavy atom. The molecule has 0 radical (unpaired) electrons. The summed E-state index contributed by atoms with van der Waals surface area (Å²) in [7, 11) is 0. The molecule has 1 aliphatic heterocycles. The zero-order chi connectivity index (χ0) is 13.5. The van der Waals surface area contributed by atoms with Crippen LogP contribution in [0.3, 0.4) is 0 Å². The first kappa shape index (κ1) is 13.1. The van der Waals surface area contributed by atoms with Gasteiger partial charge in [-0.2, -0.15) is 0 Å². The lowest BCUT2D eigenvalue weighted by atomic mass is 9.91. The van der Waals surface area contributed by atoms with Crippen molar-refractivity contribution >= 4 is 0 Å². The maximum atomic E-state index is 4.65. The molecule has 2 aliphatic rings. The van der Waals surface area contributed by atoms with Crippen LogP contribution >= 0.6 is 0 Å². The number of pyridine rings is 1. The van der Waals surface area contributed by atoms with E-state index in [-0.39, 0.29) is 0 Å². The fourth-order valence-electron chi connectivity index (χ4n) is 3.24. The number of aryl methyl sites for hydroxylation is 1. The predicted octanol–water partition coefficient (Wildman–Crippen LogP) is 2.35. The third kappa shape index (κ3) is 2.82. The van der Waals surface area contributed by atoms with Crippen LogP contribution < -0.4 is 5.32 Å². The molecule has 1 aromatic rings. The lowest BCUT2D eigenvalue weighted by Gasteiger charge is -2.45. The Kier molecular flexibility index (Phi) is 3.35. The molecule has 1 saturated carbocycles. The lowest BCUT2D eigenvalue weighted by Crippen LogP contribution is -2.62. The Labute approximate surface area is 116 Å². The molecule has 2 fully saturated rings. The van der Waals surface area contributed by atoms with Crippen LogP contribution in [0.2, 0.25) is 0 Å². The number of aromatic nitrogens is 1. The van der Waals surface area contributed by atoms with Crippen LogP contribution in [0.25, 0.3) is 0 Å². The maximum absolute atomic E-state index is 4.65. The van der Waals surface area contributed by atoms with Gasteiger partial charge in [-0.15, -0.1) is 0 Å². The van der Waals surface area contributed by atoms with Gasteiger partial charge < -0.3 is 5.32 Å². The SMILES string of the molecule is Cc1cccc(CN2CC(C)(C3CC3)NCC2C)n1. The summed E-state index contributed by atoms with van der Waals surface area (Å²) < 4.78 is 0. The lowest BCUT2D eigenvalue weighted by molar-refractivity contribution is 0.0759. The summed E-state index contributed by atoms with van der Waals surface area (Å²) in [5.41, 5.74) is 2.63. The molecule has 104 valence electrons. The smallest absolute Gasteiger partial charge is 0.0547 e. The minimum atomic E-state index is 0.316. The standard InChI is InChI=1S/C16H25N3/c1-12-5-4-6-15(18-12)10-19-11-16(3,14-7-8-14)17-9-13(19)2/h4-6,13-14,17H,7-11H2,1-3H3. The van der Waals surface area contributed by atoms with E-state index >= 15 is 0 Å². The van der Waals surface area contributed by atoms with Crippen molar-refractivity contribution in [3.8, 4) is 0 Å². The van der Waals surface area contributed by atoms with E-state index in [0.29, 0.717) is 11.6 Å². The summed E-state index contributed by atoms with van der Waals surface area (Å²) in [6.45, 7) is 10.0. The highest BCUT2D eigenvalue weighted by Gasteiger charge is 2.45. The molecule has 0 bridgehead atoms. The van der Waals surface area contributed by atoms with Crippen molar-refractivity contribution in [3.05, 3.63) is 29.6 Å². The van der Waals surface area contributed by atoms with Gasteiger partial charge in [0.05, 0.1) is 5.69 Å². The van der Waals surface area contributed by atoms with E-state index in [1.165, 1.54) is 18.5 Å². The summed E-state index contributed by atoms with van der Waals surface area (Å²) in [6, 6.07) is 6.92. The minimum absolute atomic E-state index is 0.316. The van der Waals surface area contributed by atoms with Crippen LogP contribution in [-0.2, 0) is 6.54 Å². The molecule has 3 heteroatoms. The van der Waals surface area contributed by atoms with Gasteiger partial charge in [0.15, 0.2) is 0 Å². The van der Waals surface area contributed by atoms with Gasteiger partial charge in [0.1, 0.15) is 0 Å². The van der Waals surface area contributed by atoms with Gasteiger partial charge in [0, 0.05) is 36.9 Å². The minimum Gasteiger partial charge on any atom is -0.308 e. The fourth-order valence-corrected chi connectivity index (χ4v) is 3.24. The molecular weight excluding hydrogens is 234 g/mol. The molecule has 3 rings (SSSR count). The summed E-state index contributed by atoms with van der Waals surface area (Å²) in [5.74, 6) is 0.882. The Bertz CT molecular complexity index is 455. The van der Waals surface area contributed by atoms with Gasteiger partial charge in [0.25, 0.3) is 0 Å². The molecule has 2 atom stereocenters. The average molecular weight is 259 g/mol. The van der Waals surface area contributed by atoms with E-state index in [1.807, 2.05) is 0 Å². The molecule has 0 aromatic carbocycles. The molecule has 1 aromatic heterocycles. The predicted molar refractivity (Wildman–Crippen MR) is 78.0 cm³/mol. The molecule has 19 heavy (non-hydrogen) atoms. The van der Waals surface area contributed by atoms with Crippen molar-refractivity contribution < 1.29 is 0 Å². The van der Waals surface area contributed by atoms with Crippen molar-refractivity contribution in [1.29, 1.82) is 0 Å². The highest BCUT2D eigenvalue weighted by molar-refractivity contribution is 5.11. The molecule has 0 spiro atoms. The van der Waals surface area contributed by atoms with Crippen LogP contribution in [0.5, 0.6) is 0 Å². The fraction of sp³-hybridized carbons (Fsp3) is 0.688. The summed E-state index contributed by atoms with van der Waals surface area (Å²) in [4.78, 5) is 7.24. The van der Waals surface area contributed by atoms with Gasteiger partial charge >= 0.3 is 0 Å². The normalized spacial score (nSPS) is 32.5. The second kappa shape index (κ2) is 4.88. The van der Waals surface area contributed by atoms with Crippen LogP contribution in [0.15, 0.2) is 18.2 Å². The van der Waals surface area contributed by atoms with Gasteiger partial charge in [-0.05, 0) is 51.7 Å². The first-order valence-electron chi connectivity index (χ1n) is 7.48. The van der Waals surface area contributed by atoms with Crippen molar-refractivity contribution in [1.82, 2.24) is 15.2 Å². The monoisotopic (exact) mass is 259 g/mol. The second-order valence-electron chi connectivity index (χ2n) is 6.60. The van der Waals surface area contributed by atoms with Crippen molar-refractivity contribution in [3.63, 3.8) is 0 Å². The molecule has 1 N–H and O–H groups in total. The summed E-state index contributed by atoms with van der Waals surface area (Å²) in [6.07, 6.45) is 2.79. The Hall–Kier alpha value is -0.930. The zero-order valence-corrected chi connectivity index (χ0v) is 12.3. The first-order chi connectivity index (χ1) is 9.07. The number of nitrogens with one attached hydrogen (secondary N) is 1. The van der Waals surface area contributed by atoms with Crippen LogP contribution in [0, 0.1) is 12.8 Å². The number of piperazine rings is 1. The Morgan fingerprint density at radius 2 is 2.21 bits per heavy atom. The molecular formula is C16H25N3. The third-order valence-electron chi connectivity index (χ3n) is 4.75. The second-order valence-corrected chi connectivity index (χ2v) is 6.60. The molecule has 3 nitrogen and oxygen atoms in total. The topological polar surface area (TPSA) is 28.2 Å². The van der Waals surface area contributed by atoms with E-state index in [1.54, 1.807) is 0 Å². The van der Waals surface area contributed by atoms with E-state index < -0.39 is 0 Å². The molecule has 1 saturated heterocycles. The maximum Gasteiger partial charge on any atom is 0.0547 e. The number of hydrogen-bond donors (Lipinski definition) is 1. The molecule has 1 aliphatic carbocycles. The number of rotatable bonds is 3. The van der Waals surface area contributed by atoms with E-state index in [0.717, 1.165) is 31.2 Å². The highest BCUT2D eigenvalue weighted by atomic mass is 15.3. The third-order valence-corrected chi connectivity index (χ3v) is 4.75. The summed E-state index contributed by atoms with van der Waals surface area (Å²) in [5, 5.41) is 3.77. The average Bonchev–Trinajstić information content (AvgIpc) is 3.19. The highest BCUT2D eigenvalue weighted by Crippen LogP contribution is 2.41. The van der Waals surface area contributed by atoms with Gasteiger partial charge in [-0.3, -0.25) is 9.88 Å². The summed E-state index contributed by atoms with van der Waals surface area (Å²) >= 11 is 0. The Morgan fingerprint density at radius 3 is 2.89 bits per heavy atom. The van der Waals surface area contributed by atoms with Gasteiger partial charge in [0.2, 0.25) is 0 Å². The first-order valence-corrected chi connectivity index (χ1v) is 7.48. The van der Waals surface area contributed by atoms with Crippen LogP contribution in [-0.4, -0.2) is 34.6 Å². The van der Waals surface area contributed by atoms with Crippen molar-refractivity contribution in [2.45, 2.75) is 51.7 Å². The van der Waals surface area contributed by atoms with E-state index in [9.17, 15) is 0 Å². The molecule has 2 heterocycles. The van der Waals surface area contributed by atoms with E-state index in [4.69, 9.17) is 0 Å². The Balaban J connectivity index is 1.71. The number of hydrogen-bond acceptors (Lipinski definition) is 3. The van der Waals surface area contributed by atoms with Crippen LogP contribution in [0.1, 0.15) is 38.1 Å². The molecule has 0 amide bonds. The van der Waals surface area contributed by atoms with Gasteiger partial charge in [-0.25, -0.2) is 0 Å². The molecule has 2 unspecified atom stereocenters. The van der Waals surface area contributed by atoms with Crippen molar-refractivity contribution in [2.75, 3.05) is 13.1 Å². The largest absolute Gasteiger partial charge is 0.308 e. The number of nitrogens with zero attached hydrogens (tertiary/aromatic N) is 2. The zero-order valence-electron chi connectivity index (χ0n) is 12.3. The van der Waals surface area contributed by atoms with Gasteiger partial charge in [-0.1, -0.05) is 6.07 Å². The quantitative estimate of drug-likeness (QED) is 0.903.